The normalized spacial score (nSPS) is 20.5. The molecule has 2 amide bonds. The lowest BCUT2D eigenvalue weighted by Crippen LogP contribution is -2.51. The summed E-state index contributed by atoms with van der Waals surface area (Å²) in [6, 6.07) is 9.96. The van der Waals surface area contributed by atoms with Crippen LogP contribution in [0.5, 0.6) is 0 Å². The number of nitrogens with one attached hydrogen (secondary N) is 1. The molecule has 2 fully saturated rings. The molecular weight excluding hydrogens is 396 g/mol. The summed E-state index contributed by atoms with van der Waals surface area (Å²) in [7, 11) is 0. The van der Waals surface area contributed by atoms with Crippen molar-refractivity contribution in [2.75, 3.05) is 19.7 Å². The van der Waals surface area contributed by atoms with Crippen molar-refractivity contribution in [1.82, 2.24) is 30.4 Å². The standard InChI is InChI=1S/C22H30N6O3/c29-20(23-16-18-4-2-1-3-5-18)14-19-7-13-31-22(15-19)8-11-27(12-9-22)21(30)6-10-28-17-24-25-26-28/h1-5,17,19H,6-16H2,(H,23,29). The molecule has 3 heterocycles. The number of ether oxygens (including phenoxy) is 1. The Morgan fingerprint density at radius 1 is 1.19 bits per heavy atom. The highest BCUT2D eigenvalue weighted by atomic mass is 16.5. The van der Waals surface area contributed by atoms with Crippen molar-refractivity contribution in [3.8, 4) is 0 Å². The summed E-state index contributed by atoms with van der Waals surface area (Å²) in [5, 5.41) is 14.0. The predicted octanol–water partition coefficient (Wildman–Crippen LogP) is 1.56. The number of nitrogens with zero attached hydrogens (tertiary/aromatic N) is 5. The van der Waals surface area contributed by atoms with Crippen LogP contribution in [-0.4, -0.2) is 62.2 Å². The van der Waals surface area contributed by atoms with Gasteiger partial charge in [0.2, 0.25) is 11.8 Å². The fourth-order valence-electron chi connectivity index (χ4n) is 4.60. The summed E-state index contributed by atoms with van der Waals surface area (Å²) in [6.07, 6.45) is 5.89. The van der Waals surface area contributed by atoms with Crippen LogP contribution in [-0.2, 0) is 27.4 Å². The van der Waals surface area contributed by atoms with Crippen LogP contribution in [0.4, 0.5) is 0 Å². The second kappa shape index (κ2) is 10.00. The molecule has 166 valence electrons. The van der Waals surface area contributed by atoms with E-state index in [0.29, 0.717) is 51.5 Å². The Balaban J connectivity index is 1.21. The van der Waals surface area contributed by atoms with E-state index in [1.165, 1.54) is 6.33 Å². The third kappa shape index (κ3) is 5.88. The Bertz CT molecular complexity index is 849. The quantitative estimate of drug-likeness (QED) is 0.721. The zero-order valence-corrected chi connectivity index (χ0v) is 17.8. The lowest BCUT2D eigenvalue weighted by atomic mass is 9.78. The van der Waals surface area contributed by atoms with Crippen molar-refractivity contribution in [2.45, 2.75) is 57.2 Å². The lowest BCUT2D eigenvalue weighted by molar-refractivity contribution is -0.148. The van der Waals surface area contributed by atoms with E-state index in [0.717, 1.165) is 31.2 Å². The highest BCUT2D eigenvalue weighted by Crippen LogP contribution is 2.38. The van der Waals surface area contributed by atoms with E-state index in [4.69, 9.17) is 4.74 Å². The average molecular weight is 427 g/mol. The number of carbonyl (C=O) groups is 2. The van der Waals surface area contributed by atoms with E-state index in [1.807, 2.05) is 35.2 Å². The largest absolute Gasteiger partial charge is 0.375 e. The maximum Gasteiger partial charge on any atom is 0.224 e. The number of benzene rings is 1. The van der Waals surface area contributed by atoms with Crippen LogP contribution in [0.3, 0.4) is 0 Å². The third-order valence-electron chi connectivity index (χ3n) is 6.38. The zero-order valence-electron chi connectivity index (χ0n) is 17.8. The Kier molecular flexibility index (Phi) is 6.91. The van der Waals surface area contributed by atoms with Gasteiger partial charge in [-0.1, -0.05) is 30.3 Å². The van der Waals surface area contributed by atoms with Crippen LogP contribution in [0.25, 0.3) is 0 Å². The van der Waals surface area contributed by atoms with Crippen LogP contribution in [0.1, 0.15) is 44.1 Å². The van der Waals surface area contributed by atoms with E-state index in [9.17, 15) is 9.59 Å². The molecule has 0 saturated carbocycles. The molecule has 1 aromatic carbocycles. The topological polar surface area (TPSA) is 102 Å². The molecule has 2 aliphatic heterocycles. The van der Waals surface area contributed by atoms with E-state index in [1.54, 1.807) is 4.68 Å². The number of aromatic nitrogens is 4. The van der Waals surface area contributed by atoms with Gasteiger partial charge in [-0.25, -0.2) is 4.68 Å². The van der Waals surface area contributed by atoms with E-state index in [-0.39, 0.29) is 17.4 Å². The molecule has 1 spiro atoms. The second-order valence-corrected chi connectivity index (χ2v) is 8.56. The molecule has 0 aliphatic carbocycles. The van der Waals surface area contributed by atoms with Gasteiger partial charge < -0.3 is 15.0 Å². The van der Waals surface area contributed by atoms with Gasteiger partial charge in [0, 0.05) is 39.1 Å². The van der Waals surface area contributed by atoms with Gasteiger partial charge in [0.25, 0.3) is 0 Å². The van der Waals surface area contributed by atoms with Crippen LogP contribution in [0.15, 0.2) is 36.7 Å². The molecule has 2 saturated heterocycles. The highest BCUT2D eigenvalue weighted by molar-refractivity contribution is 5.76. The predicted molar refractivity (Wildman–Crippen MR) is 113 cm³/mol. The molecule has 1 aromatic heterocycles. The number of carbonyl (C=O) groups excluding carboxylic acids is 2. The Hall–Kier alpha value is -2.81. The first-order valence-corrected chi connectivity index (χ1v) is 11.1. The third-order valence-corrected chi connectivity index (χ3v) is 6.38. The number of hydrogen-bond donors (Lipinski definition) is 1. The minimum atomic E-state index is -0.199. The second-order valence-electron chi connectivity index (χ2n) is 8.56. The smallest absolute Gasteiger partial charge is 0.224 e. The highest BCUT2D eigenvalue weighted by Gasteiger charge is 2.41. The van der Waals surface area contributed by atoms with Crippen molar-refractivity contribution >= 4 is 11.8 Å². The number of rotatable bonds is 7. The maximum absolute atomic E-state index is 12.5. The molecule has 0 bridgehead atoms. The Morgan fingerprint density at radius 3 is 2.74 bits per heavy atom. The van der Waals surface area contributed by atoms with Crippen molar-refractivity contribution in [2.24, 2.45) is 5.92 Å². The first-order chi connectivity index (χ1) is 15.1. The van der Waals surface area contributed by atoms with E-state index >= 15 is 0 Å². The fourth-order valence-corrected chi connectivity index (χ4v) is 4.60. The molecule has 1 atom stereocenters. The van der Waals surface area contributed by atoms with E-state index in [2.05, 4.69) is 20.8 Å². The molecule has 2 aromatic rings. The summed E-state index contributed by atoms with van der Waals surface area (Å²) < 4.78 is 7.76. The number of amides is 2. The van der Waals surface area contributed by atoms with Crippen molar-refractivity contribution in [3.05, 3.63) is 42.2 Å². The van der Waals surface area contributed by atoms with Gasteiger partial charge in [0.05, 0.1) is 12.1 Å². The molecule has 1 unspecified atom stereocenters. The van der Waals surface area contributed by atoms with Gasteiger partial charge in [0.1, 0.15) is 6.33 Å². The molecule has 31 heavy (non-hydrogen) atoms. The Labute approximate surface area is 182 Å². The summed E-state index contributed by atoms with van der Waals surface area (Å²) in [4.78, 5) is 26.9. The lowest BCUT2D eigenvalue weighted by Gasteiger charge is -2.46. The fraction of sp³-hybridized carbons (Fsp3) is 0.591. The first-order valence-electron chi connectivity index (χ1n) is 11.1. The van der Waals surface area contributed by atoms with Gasteiger partial charge in [-0.3, -0.25) is 9.59 Å². The zero-order chi connectivity index (χ0) is 21.5. The van der Waals surface area contributed by atoms with Gasteiger partial charge in [-0.05, 0) is 47.6 Å². The summed E-state index contributed by atoms with van der Waals surface area (Å²) in [6.45, 7) is 3.13. The molecule has 2 aliphatic rings. The molecule has 4 rings (SSSR count). The summed E-state index contributed by atoms with van der Waals surface area (Å²) >= 11 is 0. The molecule has 9 heteroatoms. The maximum atomic E-state index is 12.5. The molecule has 9 nitrogen and oxygen atoms in total. The van der Waals surface area contributed by atoms with Crippen molar-refractivity contribution in [3.63, 3.8) is 0 Å². The van der Waals surface area contributed by atoms with Crippen molar-refractivity contribution < 1.29 is 14.3 Å². The summed E-state index contributed by atoms with van der Waals surface area (Å²) in [5.41, 5.74) is 0.909. The van der Waals surface area contributed by atoms with Crippen LogP contribution < -0.4 is 5.32 Å². The Morgan fingerprint density at radius 2 is 2.00 bits per heavy atom. The summed E-state index contributed by atoms with van der Waals surface area (Å²) in [5.74, 6) is 0.547. The van der Waals surface area contributed by atoms with Gasteiger partial charge in [0.15, 0.2) is 0 Å². The number of likely N-dealkylation sites (tertiary alicyclic amines) is 1. The minimum absolute atomic E-state index is 0.0983. The van der Waals surface area contributed by atoms with Gasteiger partial charge in [-0.15, -0.1) is 5.10 Å². The first kappa shape index (κ1) is 21.4. The minimum Gasteiger partial charge on any atom is -0.375 e. The number of tetrazole rings is 1. The van der Waals surface area contributed by atoms with Crippen LogP contribution in [0, 0.1) is 5.92 Å². The number of aryl methyl sites for hydroxylation is 1. The van der Waals surface area contributed by atoms with Gasteiger partial charge in [-0.2, -0.15) is 0 Å². The SMILES string of the molecule is O=C(CC1CCOC2(CCN(C(=O)CCn3cnnn3)CC2)C1)NCc1ccccc1. The van der Waals surface area contributed by atoms with Crippen LogP contribution >= 0.6 is 0 Å². The molecule has 0 radical (unpaired) electrons. The molecular formula is C22H30N6O3. The molecule has 1 N–H and O–H groups in total. The van der Waals surface area contributed by atoms with E-state index < -0.39 is 0 Å². The number of piperidine rings is 1. The monoisotopic (exact) mass is 426 g/mol. The van der Waals surface area contributed by atoms with Gasteiger partial charge >= 0.3 is 0 Å². The van der Waals surface area contributed by atoms with Crippen molar-refractivity contribution in [1.29, 1.82) is 0 Å². The average Bonchev–Trinajstić information content (AvgIpc) is 3.31. The van der Waals surface area contributed by atoms with Crippen LogP contribution in [0.2, 0.25) is 0 Å². The number of hydrogen-bond acceptors (Lipinski definition) is 6.